The Labute approximate surface area is 194 Å². The smallest absolute Gasteiger partial charge is 0.268 e. The van der Waals surface area contributed by atoms with E-state index in [4.69, 9.17) is 4.99 Å². The van der Waals surface area contributed by atoms with Gasteiger partial charge in [-0.1, -0.05) is 55.7 Å². The number of anilines is 1. The standard InChI is InChI=1S/C27H31F2N3O/c28-21-10-7-13-23(18-21)32-26(33)24(29)25(30-22-11-5-2-6-12-22)27(32)14-16-31(17-15-27)19-20-8-3-1-4-9-20/h1,3-4,7-10,13,18,22,24H,2,5-6,11-12,14-17,19H2. The average molecular weight is 452 g/mol. The van der Waals surface area contributed by atoms with Crippen molar-refractivity contribution in [3.8, 4) is 0 Å². The molecule has 2 heterocycles. The molecule has 1 amide bonds. The molecule has 1 aliphatic carbocycles. The number of hydrogen-bond acceptors (Lipinski definition) is 3. The third-order valence-electron chi connectivity index (χ3n) is 7.48. The zero-order valence-electron chi connectivity index (χ0n) is 18.9. The molecule has 1 unspecified atom stereocenters. The summed E-state index contributed by atoms with van der Waals surface area (Å²) in [6.07, 6.45) is 4.70. The van der Waals surface area contributed by atoms with Crippen LogP contribution < -0.4 is 4.90 Å². The third-order valence-corrected chi connectivity index (χ3v) is 7.48. The number of alkyl halides is 1. The SMILES string of the molecule is O=C1C(F)C(=NC2CCCCC2)C2(CCN(Cc3ccccc3)CC2)N1c1cccc(F)c1. The topological polar surface area (TPSA) is 35.9 Å². The molecule has 1 atom stereocenters. The zero-order chi connectivity index (χ0) is 22.8. The third kappa shape index (κ3) is 4.33. The van der Waals surface area contributed by atoms with Crippen LogP contribution in [0.3, 0.4) is 0 Å². The number of likely N-dealkylation sites (tertiary alicyclic amines) is 1. The summed E-state index contributed by atoms with van der Waals surface area (Å²) in [6.45, 7) is 2.27. The average Bonchev–Trinajstić information content (AvgIpc) is 3.03. The van der Waals surface area contributed by atoms with Crippen molar-refractivity contribution in [1.82, 2.24) is 4.90 Å². The second kappa shape index (κ2) is 9.34. The summed E-state index contributed by atoms with van der Waals surface area (Å²) in [5.41, 5.74) is 1.21. The highest BCUT2D eigenvalue weighted by Crippen LogP contribution is 2.43. The molecule has 0 aromatic heterocycles. The van der Waals surface area contributed by atoms with E-state index in [-0.39, 0.29) is 6.04 Å². The van der Waals surface area contributed by atoms with E-state index in [0.717, 1.165) is 45.3 Å². The number of halogens is 2. The molecule has 2 aromatic rings. The second-order valence-corrected chi connectivity index (χ2v) is 9.62. The van der Waals surface area contributed by atoms with Crippen LogP contribution in [0.1, 0.15) is 50.5 Å². The van der Waals surface area contributed by atoms with Gasteiger partial charge >= 0.3 is 0 Å². The number of carbonyl (C=O) groups is 1. The number of nitrogens with zero attached hydrogens (tertiary/aromatic N) is 3. The van der Waals surface area contributed by atoms with Gasteiger partial charge in [0.25, 0.3) is 5.91 Å². The number of benzene rings is 2. The summed E-state index contributed by atoms with van der Waals surface area (Å²) < 4.78 is 29.7. The second-order valence-electron chi connectivity index (χ2n) is 9.62. The minimum absolute atomic E-state index is 0.0754. The van der Waals surface area contributed by atoms with Gasteiger partial charge in [-0.3, -0.25) is 19.6 Å². The first-order chi connectivity index (χ1) is 16.1. The van der Waals surface area contributed by atoms with Crippen molar-refractivity contribution in [3.63, 3.8) is 0 Å². The Kier molecular flexibility index (Phi) is 6.28. The molecule has 3 fully saturated rings. The summed E-state index contributed by atoms with van der Waals surface area (Å²) >= 11 is 0. The Morgan fingerprint density at radius 1 is 0.970 bits per heavy atom. The van der Waals surface area contributed by atoms with Crippen LogP contribution >= 0.6 is 0 Å². The summed E-state index contributed by atoms with van der Waals surface area (Å²) in [5, 5.41) is 0. The summed E-state index contributed by atoms with van der Waals surface area (Å²) in [5.74, 6) is -1.03. The van der Waals surface area contributed by atoms with E-state index in [1.807, 2.05) is 18.2 Å². The number of piperidine rings is 1. The minimum Gasteiger partial charge on any atom is -0.299 e. The lowest BCUT2D eigenvalue weighted by Gasteiger charge is -2.45. The molecule has 2 saturated heterocycles. The van der Waals surface area contributed by atoms with Gasteiger partial charge in [0.1, 0.15) is 5.82 Å². The van der Waals surface area contributed by atoms with Crippen molar-refractivity contribution < 1.29 is 13.6 Å². The largest absolute Gasteiger partial charge is 0.299 e. The molecule has 6 heteroatoms. The molecule has 0 radical (unpaired) electrons. The fourth-order valence-electron chi connectivity index (χ4n) is 5.78. The Morgan fingerprint density at radius 2 is 1.70 bits per heavy atom. The molecule has 5 rings (SSSR count). The maximum absolute atomic E-state index is 15.6. The molecule has 2 aromatic carbocycles. The van der Waals surface area contributed by atoms with Gasteiger partial charge in [-0.05, 0) is 49.4 Å². The van der Waals surface area contributed by atoms with Crippen molar-refractivity contribution in [1.29, 1.82) is 0 Å². The summed E-state index contributed by atoms with van der Waals surface area (Å²) in [6, 6.07) is 16.3. The molecule has 3 aliphatic rings. The Hall–Kier alpha value is -2.60. The van der Waals surface area contributed by atoms with E-state index in [2.05, 4.69) is 17.0 Å². The molecule has 0 N–H and O–H groups in total. The molecular weight excluding hydrogens is 420 g/mol. The number of hydrogen-bond donors (Lipinski definition) is 0. The van der Waals surface area contributed by atoms with Crippen LogP contribution in [-0.2, 0) is 11.3 Å². The van der Waals surface area contributed by atoms with Gasteiger partial charge in [0, 0.05) is 25.3 Å². The van der Waals surface area contributed by atoms with Crippen molar-refractivity contribution in [2.45, 2.75) is 69.2 Å². The zero-order valence-corrected chi connectivity index (χ0v) is 18.9. The molecule has 174 valence electrons. The summed E-state index contributed by atoms with van der Waals surface area (Å²) in [7, 11) is 0. The van der Waals surface area contributed by atoms with Gasteiger partial charge in [-0.15, -0.1) is 0 Å². The Balaban J connectivity index is 1.47. The van der Waals surface area contributed by atoms with Crippen molar-refractivity contribution >= 4 is 17.3 Å². The van der Waals surface area contributed by atoms with Crippen LogP contribution in [0.5, 0.6) is 0 Å². The fraction of sp³-hybridized carbons (Fsp3) is 0.481. The lowest BCUT2D eigenvalue weighted by atomic mass is 9.82. The van der Waals surface area contributed by atoms with Crippen molar-refractivity contribution in [3.05, 3.63) is 66.0 Å². The molecule has 1 saturated carbocycles. The summed E-state index contributed by atoms with van der Waals surface area (Å²) in [4.78, 5) is 22.0. The highest BCUT2D eigenvalue weighted by molar-refractivity contribution is 6.26. The number of carbonyl (C=O) groups excluding carboxylic acids is 1. The van der Waals surface area contributed by atoms with Gasteiger partial charge in [-0.25, -0.2) is 8.78 Å². The van der Waals surface area contributed by atoms with E-state index in [0.29, 0.717) is 24.2 Å². The van der Waals surface area contributed by atoms with Crippen LogP contribution in [0.15, 0.2) is 59.6 Å². The predicted octanol–water partition coefficient (Wildman–Crippen LogP) is 5.32. The van der Waals surface area contributed by atoms with Gasteiger partial charge < -0.3 is 0 Å². The number of amides is 1. The molecule has 33 heavy (non-hydrogen) atoms. The first-order valence-electron chi connectivity index (χ1n) is 12.1. The molecule has 2 aliphatic heterocycles. The maximum atomic E-state index is 15.6. The minimum atomic E-state index is -1.75. The highest BCUT2D eigenvalue weighted by atomic mass is 19.1. The van der Waals surface area contributed by atoms with E-state index in [1.54, 1.807) is 12.1 Å². The van der Waals surface area contributed by atoms with Crippen molar-refractivity contribution in [2.24, 2.45) is 4.99 Å². The number of rotatable bonds is 4. The first kappa shape index (κ1) is 22.2. The first-order valence-corrected chi connectivity index (χ1v) is 12.1. The van der Waals surface area contributed by atoms with E-state index in [1.165, 1.54) is 29.0 Å². The van der Waals surface area contributed by atoms with Crippen LogP contribution in [0, 0.1) is 5.82 Å². The van der Waals surface area contributed by atoms with E-state index < -0.39 is 23.4 Å². The molecule has 4 nitrogen and oxygen atoms in total. The van der Waals surface area contributed by atoms with Gasteiger partial charge in [0.15, 0.2) is 0 Å². The molecule has 0 bridgehead atoms. The van der Waals surface area contributed by atoms with Crippen LogP contribution in [-0.4, -0.2) is 47.4 Å². The van der Waals surface area contributed by atoms with Crippen LogP contribution in [0.4, 0.5) is 14.5 Å². The molecule has 1 spiro atoms. The lowest BCUT2D eigenvalue weighted by Crippen LogP contribution is -2.57. The maximum Gasteiger partial charge on any atom is 0.268 e. The normalized spacial score (nSPS) is 25.3. The van der Waals surface area contributed by atoms with E-state index in [9.17, 15) is 9.18 Å². The molecular formula is C27H31F2N3O. The quantitative estimate of drug-likeness (QED) is 0.631. The van der Waals surface area contributed by atoms with Crippen LogP contribution in [0.25, 0.3) is 0 Å². The van der Waals surface area contributed by atoms with Crippen LogP contribution in [0.2, 0.25) is 0 Å². The monoisotopic (exact) mass is 451 g/mol. The Morgan fingerprint density at radius 3 is 2.39 bits per heavy atom. The van der Waals surface area contributed by atoms with Crippen molar-refractivity contribution in [2.75, 3.05) is 18.0 Å². The predicted molar refractivity (Wildman–Crippen MR) is 127 cm³/mol. The van der Waals surface area contributed by atoms with Gasteiger partial charge in [0.05, 0.1) is 17.3 Å². The van der Waals surface area contributed by atoms with Gasteiger partial charge in [-0.2, -0.15) is 0 Å². The lowest BCUT2D eigenvalue weighted by molar-refractivity contribution is -0.120. The van der Waals surface area contributed by atoms with E-state index >= 15 is 4.39 Å². The number of aliphatic imine (C=N–C) groups is 1. The van der Waals surface area contributed by atoms with Gasteiger partial charge in [0.2, 0.25) is 6.17 Å². The Bertz CT molecular complexity index is 1010. The fourth-order valence-corrected chi connectivity index (χ4v) is 5.78. The highest BCUT2D eigenvalue weighted by Gasteiger charge is 2.58.